The molecular formula is C23H26BrFO2. The molecule has 0 radical (unpaired) electrons. The molecule has 27 heavy (non-hydrogen) atoms. The van der Waals surface area contributed by atoms with Gasteiger partial charge in [-0.15, -0.1) is 0 Å². The van der Waals surface area contributed by atoms with E-state index < -0.39 is 5.82 Å². The molecule has 0 fully saturated rings. The van der Waals surface area contributed by atoms with Crippen LogP contribution in [0.1, 0.15) is 61.6 Å². The first-order valence-corrected chi connectivity index (χ1v) is 10.8. The Morgan fingerprint density at radius 1 is 0.926 bits per heavy atom. The van der Waals surface area contributed by atoms with Gasteiger partial charge in [0.15, 0.2) is 11.6 Å². The number of phenols is 2. The quantitative estimate of drug-likeness (QED) is 0.371. The van der Waals surface area contributed by atoms with Crippen molar-refractivity contribution in [1.82, 2.24) is 0 Å². The molecule has 4 heteroatoms. The second-order valence-electron chi connectivity index (χ2n) is 7.14. The lowest BCUT2D eigenvalue weighted by Gasteiger charge is -2.17. The van der Waals surface area contributed by atoms with Crippen molar-refractivity contribution in [3.8, 4) is 11.5 Å². The van der Waals surface area contributed by atoms with Crippen molar-refractivity contribution in [2.24, 2.45) is 0 Å². The van der Waals surface area contributed by atoms with Gasteiger partial charge >= 0.3 is 0 Å². The number of aryl methyl sites for hydroxylation is 1. The van der Waals surface area contributed by atoms with Crippen molar-refractivity contribution in [2.75, 3.05) is 5.33 Å². The zero-order valence-electron chi connectivity index (χ0n) is 15.5. The highest BCUT2D eigenvalue weighted by Gasteiger charge is 2.21. The maximum atomic E-state index is 13.6. The highest BCUT2D eigenvalue weighted by Crippen LogP contribution is 2.42. The fourth-order valence-electron chi connectivity index (χ4n) is 3.95. The second-order valence-corrected chi connectivity index (χ2v) is 7.93. The van der Waals surface area contributed by atoms with Crippen molar-refractivity contribution >= 4 is 27.1 Å². The average Bonchev–Trinajstić information content (AvgIpc) is 2.84. The highest BCUT2D eigenvalue weighted by molar-refractivity contribution is 9.09. The second kappa shape index (κ2) is 9.41. The van der Waals surface area contributed by atoms with E-state index in [1.807, 2.05) is 6.07 Å². The molecule has 0 unspecified atom stereocenters. The summed E-state index contributed by atoms with van der Waals surface area (Å²) < 4.78 is 13.6. The summed E-state index contributed by atoms with van der Waals surface area (Å²) in [5.74, 6) is -0.611. The highest BCUT2D eigenvalue weighted by atomic mass is 79.9. The number of halogens is 2. The van der Waals surface area contributed by atoms with Crippen LogP contribution in [0.4, 0.5) is 4.39 Å². The number of alkyl halides is 1. The first-order chi connectivity index (χ1) is 13.1. The molecule has 0 saturated carbocycles. The number of fused-ring (bicyclic) bond motifs is 1. The summed E-state index contributed by atoms with van der Waals surface area (Å²) in [6.07, 6.45) is 8.14. The van der Waals surface area contributed by atoms with Crippen LogP contribution in [0.2, 0.25) is 0 Å². The molecule has 0 bridgehead atoms. The molecule has 2 aromatic rings. The van der Waals surface area contributed by atoms with E-state index >= 15 is 0 Å². The minimum absolute atomic E-state index is 0.314. The van der Waals surface area contributed by atoms with Gasteiger partial charge < -0.3 is 10.2 Å². The minimum atomic E-state index is -0.604. The summed E-state index contributed by atoms with van der Waals surface area (Å²) in [4.78, 5) is 0. The third-order valence-electron chi connectivity index (χ3n) is 5.27. The SMILES string of the molecule is Oc1cc(C2=C(CCCCCCBr)c3c(O)cccc3CCC2)ccc1F. The van der Waals surface area contributed by atoms with Crippen LogP contribution in [0.5, 0.6) is 11.5 Å². The Balaban J connectivity index is 2.03. The Morgan fingerprint density at radius 2 is 1.74 bits per heavy atom. The number of benzene rings is 2. The van der Waals surface area contributed by atoms with Gasteiger partial charge in [0.25, 0.3) is 0 Å². The Bertz CT molecular complexity index is 829. The number of hydrogen-bond donors (Lipinski definition) is 2. The van der Waals surface area contributed by atoms with E-state index in [1.54, 1.807) is 12.1 Å². The number of aromatic hydroxyl groups is 2. The Labute approximate surface area is 168 Å². The molecule has 2 aromatic carbocycles. The van der Waals surface area contributed by atoms with E-state index in [1.165, 1.54) is 30.5 Å². The molecule has 1 aliphatic carbocycles. The van der Waals surface area contributed by atoms with Crippen molar-refractivity contribution in [2.45, 2.75) is 51.4 Å². The van der Waals surface area contributed by atoms with Crippen molar-refractivity contribution in [3.63, 3.8) is 0 Å². The number of hydrogen-bond acceptors (Lipinski definition) is 2. The van der Waals surface area contributed by atoms with Gasteiger partial charge in [-0.05, 0) is 79.0 Å². The van der Waals surface area contributed by atoms with Gasteiger partial charge in [-0.3, -0.25) is 0 Å². The van der Waals surface area contributed by atoms with Gasteiger partial charge in [0.1, 0.15) is 5.75 Å². The van der Waals surface area contributed by atoms with E-state index in [4.69, 9.17) is 0 Å². The van der Waals surface area contributed by atoms with E-state index in [2.05, 4.69) is 22.0 Å². The summed E-state index contributed by atoms with van der Waals surface area (Å²) in [6, 6.07) is 10.3. The molecule has 2 N–H and O–H groups in total. The lowest BCUT2D eigenvalue weighted by molar-refractivity contribution is 0.432. The van der Waals surface area contributed by atoms with Crippen LogP contribution in [0.15, 0.2) is 36.4 Å². The Hall–Kier alpha value is -1.81. The van der Waals surface area contributed by atoms with E-state index in [0.717, 1.165) is 66.1 Å². The van der Waals surface area contributed by atoms with Crippen molar-refractivity contribution < 1.29 is 14.6 Å². The van der Waals surface area contributed by atoms with Crippen molar-refractivity contribution in [1.29, 1.82) is 0 Å². The van der Waals surface area contributed by atoms with Crippen LogP contribution in [-0.2, 0) is 6.42 Å². The zero-order chi connectivity index (χ0) is 19.2. The molecule has 0 spiro atoms. The number of rotatable bonds is 7. The van der Waals surface area contributed by atoms with Gasteiger partial charge in [-0.2, -0.15) is 0 Å². The first-order valence-electron chi connectivity index (χ1n) is 9.70. The maximum Gasteiger partial charge on any atom is 0.164 e. The van der Waals surface area contributed by atoms with E-state index in [-0.39, 0.29) is 5.75 Å². The normalized spacial score (nSPS) is 14.1. The van der Waals surface area contributed by atoms with E-state index in [9.17, 15) is 14.6 Å². The molecule has 0 aliphatic heterocycles. The van der Waals surface area contributed by atoms with Crippen LogP contribution in [0.25, 0.3) is 11.1 Å². The van der Waals surface area contributed by atoms with Gasteiger partial charge in [0, 0.05) is 10.9 Å². The van der Waals surface area contributed by atoms with Gasteiger partial charge in [-0.1, -0.05) is 47.0 Å². The van der Waals surface area contributed by atoms with Crippen LogP contribution < -0.4 is 0 Å². The van der Waals surface area contributed by atoms with Crippen LogP contribution in [-0.4, -0.2) is 15.5 Å². The molecule has 0 atom stereocenters. The predicted molar refractivity (Wildman–Crippen MR) is 113 cm³/mol. The zero-order valence-corrected chi connectivity index (χ0v) is 17.1. The molecule has 2 nitrogen and oxygen atoms in total. The lowest BCUT2D eigenvalue weighted by atomic mass is 9.88. The molecule has 0 aromatic heterocycles. The summed E-state index contributed by atoms with van der Waals surface area (Å²) in [5, 5.41) is 21.5. The summed E-state index contributed by atoms with van der Waals surface area (Å²) in [6.45, 7) is 0. The van der Waals surface area contributed by atoms with E-state index in [0.29, 0.717) is 5.75 Å². The van der Waals surface area contributed by atoms with Crippen molar-refractivity contribution in [3.05, 3.63) is 58.9 Å². The van der Waals surface area contributed by atoms with Gasteiger partial charge in [0.05, 0.1) is 0 Å². The third kappa shape index (κ3) is 4.73. The van der Waals surface area contributed by atoms with Crippen LogP contribution >= 0.6 is 15.9 Å². The third-order valence-corrected chi connectivity index (χ3v) is 5.83. The fourth-order valence-corrected chi connectivity index (χ4v) is 4.34. The number of allylic oxidation sites excluding steroid dienone is 2. The number of unbranched alkanes of at least 4 members (excludes halogenated alkanes) is 3. The van der Waals surface area contributed by atoms with Gasteiger partial charge in [0.2, 0.25) is 0 Å². The molecule has 0 heterocycles. The lowest BCUT2D eigenvalue weighted by Crippen LogP contribution is -1.96. The maximum absolute atomic E-state index is 13.6. The summed E-state index contributed by atoms with van der Waals surface area (Å²) in [5.41, 5.74) is 5.22. The molecule has 0 saturated heterocycles. The molecule has 0 amide bonds. The molecule has 1 aliphatic rings. The molecule has 144 valence electrons. The fraction of sp³-hybridized carbons (Fsp3) is 0.391. The summed E-state index contributed by atoms with van der Waals surface area (Å²) in [7, 11) is 0. The smallest absolute Gasteiger partial charge is 0.164 e. The average molecular weight is 433 g/mol. The molecular weight excluding hydrogens is 407 g/mol. The first kappa shape index (κ1) is 19.9. The predicted octanol–water partition coefficient (Wildman–Crippen LogP) is 6.83. The van der Waals surface area contributed by atoms with Crippen LogP contribution in [0, 0.1) is 5.82 Å². The Kier molecular flexibility index (Phi) is 6.95. The largest absolute Gasteiger partial charge is 0.507 e. The summed E-state index contributed by atoms with van der Waals surface area (Å²) >= 11 is 3.48. The topological polar surface area (TPSA) is 40.5 Å². The molecule has 3 rings (SSSR count). The van der Waals surface area contributed by atoms with Gasteiger partial charge in [-0.25, -0.2) is 4.39 Å². The minimum Gasteiger partial charge on any atom is -0.507 e. The monoisotopic (exact) mass is 432 g/mol. The number of phenolic OH excluding ortho intramolecular Hbond substituents is 2. The van der Waals surface area contributed by atoms with Crippen LogP contribution in [0.3, 0.4) is 0 Å². The standard InChI is InChI=1S/C23H26BrFO2/c24-14-4-2-1-3-9-19-18(17-12-13-20(25)22(27)15-17)10-5-7-16-8-6-11-21(26)23(16)19/h6,8,11-13,15,26-27H,1-5,7,9-10,14H2. The Morgan fingerprint density at radius 3 is 2.52 bits per heavy atom.